The lowest BCUT2D eigenvalue weighted by atomic mass is 9.76. The molecule has 0 saturated heterocycles. The van der Waals surface area contributed by atoms with Crippen LogP contribution in [0.4, 0.5) is 0 Å². The number of nitrogens with zero attached hydrogens (tertiary/aromatic N) is 2. The van der Waals surface area contributed by atoms with Crippen molar-refractivity contribution in [2.24, 2.45) is 10.7 Å². The Morgan fingerprint density at radius 1 is 1.60 bits per heavy atom. The number of hydrogen-bond donors (Lipinski definition) is 1. The fraction of sp³-hybridized carbons (Fsp3) is 0.857. The zero-order chi connectivity index (χ0) is 7.19. The van der Waals surface area contributed by atoms with Gasteiger partial charge in [-0.2, -0.15) is 0 Å². The highest BCUT2D eigenvalue weighted by Crippen LogP contribution is 2.39. The molecule has 0 atom stereocenters. The van der Waals surface area contributed by atoms with Gasteiger partial charge in [0, 0.05) is 7.05 Å². The van der Waals surface area contributed by atoms with Crippen molar-refractivity contribution >= 4 is 5.96 Å². The first kappa shape index (κ1) is 6.01. The Bertz CT molecular complexity index is 181. The van der Waals surface area contributed by atoms with E-state index >= 15 is 0 Å². The predicted octanol–water partition coefficient (Wildman–Crippen LogP) is 0.169. The van der Waals surface area contributed by atoms with Crippen LogP contribution in [0.5, 0.6) is 0 Å². The van der Waals surface area contributed by atoms with Crippen LogP contribution >= 0.6 is 0 Å². The van der Waals surface area contributed by atoms with Crippen molar-refractivity contribution in [3.05, 3.63) is 0 Å². The quantitative estimate of drug-likeness (QED) is 0.519. The molecule has 10 heavy (non-hydrogen) atoms. The fourth-order valence-electron chi connectivity index (χ4n) is 1.76. The Morgan fingerprint density at radius 3 is 2.50 bits per heavy atom. The summed E-state index contributed by atoms with van der Waals surface area (Å²) in [6.45, 7) is 0.926. The minimum absolute atomic E-state index is 0.351. The highest BCUT2D eigenvalue weighted by atomic mass is 15.3. The molecule has 1 spiro atoms. The topological polar surface area (TPSA) is 41.6 Å². The van der Waals surface area contributed by atoms with Crippen molar-refractivity contribution in [1.29, 1.82) is 0 Å². The summed E-state index contributed by atoms with van der Waals surface area (Å²) in [4.78, 5) is 6.35. The summed E-state index contributed by atoms with van der Waals surface area (Å²) in [6.07, 6.45) is 3.88. The SMILES string of the molecule is CN1C(N)=NCC12CCC2. The van der Waals surface area contributed by atoms with E-state index in [1.807, 2.05) is 7.05 Å². The summed E-state index contributed by atoms with van der Waals surface area (Å²) in [5, 5.41) is 0. The van der Waals surface area contributed by atoms with Crippen molar-refractivity contribution in [3.8, 4) is 0 Å². The number of aliphatic imine (C=N–C) groups is 1. The van der Waals surface area contributed by atoms with Crippen molar-refractivity contribution in [2.45, 2.75) is 24.8 Å². The van der Waals surface area contributed by atoms with Gasteiger partial charge < -0.3 is 10.6 Å². The number of rotatable bonds is 0. The number of guanidine groups is 1. The maximum Gasteiger partial charge on any atom is 0.191 e. The molecule has 0 radical (unpaired) electrons. The van der Waals surface area contributed by atoms with Crippen LogP contribution in [0.3, 0.4) is 0 Å². The second kappa shape index (κ2) is 1.65. The van der Waals surface area contributed by atoms with Crippen LogP contribution in [0.1, 0.15) is 19.3 Å². The molecule has 0 unspecified atom stereocenters. The molecule has 3 heteroatoms. The molecule has 2 N–H and O–H groups in total. The Hall–Kier alpha value is -0.730. The monoisotopic (exact) mass is 139 g/mol. The molecule has 1 saturated carbocycles. The second-order valence-corrected chi connectivity index (χ2v) is 3.31. The van der Waals surface area contributed by atoms with Gasteiger partial charge in [0.15, 0.2) is 5.96 Å². The summed E-state index contributed by atoms with van der Waals surface area (Å²) in [6, 6.07) is 0. The third-order valence-electron chi connectivity index (χ3n) is 2.87. The molecule has 0 aromatic rings. The summed E-state index contributed by atoms with van der Waals surface area (Å²) >= 11 is 0. The molecule has 0 amide bonds. The van der Waals surface area contributed by atoms with Crippen LogP contribution in [0, 0.1) is 0 Å². The van der Waals surface area contributed by atoms with Crippen LogP contribution < -0.4 is 5.73 Å². The van der Waals surface area contributed by atoms with Crippen molar-refractivity contribution in [2.75, 3.05) is 13.6 Å². The summed E-state index contributed by atoms with van der Waals surface area (Å²) in [7, 11) is 2.05. The summed E-state index contributed by atoms with van der Waals surface area (Å²) in [5.41, 5.74) is 5.99. The highest BCUT2D eigenvalue weighted by Gasteiger charge is 2.44. The van der Waals surface area contributed by atoms with Gasteiger partial charge in [-0.1, -0.05) is 0 Å². The van der Waals surface area contributed by atoms with E-state index in [2.05, 4.69) is 9.89 Å². The van der Waals surface area contributed by atoms with Crippen LogP contribution in [-0.2, 0) is 0 Å². The normalized spacial score (nSPS) is 28.5. The molecule has 2 rings (SSSR count). The van der Waals surface area contributed by atoms with Gasteiger partial charge >= 0.3 is 0 Å². The molecule has 0 bridgehead atoms. The van der Waals surface area contributed by atoms with Crippen molar-refractivity contribution in [1.82, 2.24) is 4.90 Å². The Labute approximate surface area is 60.9 Å². The summed E-state index contributed by atoms with van der Waals surface area (Å²) in [5.74, 6) is 0.722. The number of hydrogen-bond acceptors (Lipinski definition) is 3. The van der Waals surface area contributed by atoms with Gasteiger partial charge in [-0.05, 0) is 19.3 Å². The third-order valence-corrected chi connectivity index (χ3v) is 2.87. The Morgan fingerprint density at radius 2 is 2.30 bits per heavy atom. The highest BCUT2D eigenvalue weighted by molar-refractivity contribution is 5.80. The Balaban J connectivity index is 2.16. The van der Waals surface area contributed by atoms with Crippen LogP contribution in [-0.4, -0.2) is 30.0 Å². The van der Waals surface area contributed by atoms with Crippen molar-refractivity contribution < 1.29 is 0 Å². The van der Waals surface area contributed by atoms with Gasteiger partial charge in [0.1, 0.15) is 0 Å². The maximum atomic E-state index is 5.64. The number of likely N-dealkylation sites (N-methyl/N-ethyl adjacent to an activating group) is 1. The number of nitrogens with two attached hydrogens (primary N) is 1. The first-order valence-corrected chi connectivity index (χ1v) is 3.78. The molecule has 1 aliphatic carbocycles. The van der Waals surface area contributed by atoms with E-state index in [9.17, 15) is 0 Å². The molecule has 0 aromatic heterocycles. The van der Waals surface area contributed by atoms with E-state index in [1.54, 1.807) is 0 Å². The standard InChI is InChI=1S/C7H13N3/c1-10-6(8)9-5-7(10)3-2-4-7/h2-5H2,1H3,(H2,8,9). The zero-order valence-corrected chi connectivity index (χ0v) is 6.30. The van der Waals surface area contributed by atoms with E-state index in [-0.39, 0.29) is 0 Å². The first-order valence-electron chi connectivity index (χ1n) is 3.78. The van der Waals surface area contributed by atoms with Gasteiger partial charge in [-0.3, -0.25) is 4.99 Å². The molecule has 56 valence electrons. The zero-order valence-electron chi connectivity index (χ0n) is 6.30. The molecule has 1 aliphatic heterocycles. The molecule has 1 fully saturated rings. The molecule has 0 aromatic carbocycles. The largest absolute Gasteiger partial charge is 0.370 e. The molecule has 2 aliphatic rings. The lowest BCUT2D eigenvalue weighted by molar-refractivity contribution is 0.123. The van der Waals surface area contributed by atoms with Gasteiger partial charge in [-0.15, -0.1) is 0 Å². The fourth-order valence-corrected chi connectivity index (χ4v) is 1.76. The molecular formula is C7H13N3. The van der Waals surface area contributed by atoms with Crippen LogP contribution in [0.25, 0.3) is 0 Å². The average Bonchev–Trinajstić information content (AvgIpc) is 2.10. The third kappa shape index (κ3) is 0.528. The lowest BCUT2D eigenvalue weighted by Crippen LogP contribution is -2.53. The minimum atomic E-state index is 0.351. The minimum Gasteiger partial charge on any atom is -0.370 e. The molecule has 3 nitrogen and oxygen atoms in total. The van der Waals surface area contributed by atoms with E-state index in [4.69, 9.17) is 5.73 Å². The summed E-state index contributed by atoms with van der Waals surface area (Å²) < 4.78 is 0. The van der Waals surface area contributed by atoms with Crippen molar-refractivity contribution in [3.63, 3.8) is 0 Å². The molecular weight excluding hydrogens is 126 g/mol. The van der Waals surface area contributed by atoms with Gasteiger partial charge in [0.2, 0.25) is 0 Å². The van der Waals surface area contributed by atoms with E-state index in [0.717, 1.165) is 12.5 Å². The average molecular weight is 139 g/mol. The van der Waals surface area contributed by atoms with Gasteiger partial charge in [0.05, 0.1) is 12.1 Å². The van der Waals surface area contributed by atoms with Crippen LogP contribution in [0.15, 0.2) is 4.99 Å². The van der Waals surface area contributed by atoms with E-state index in [1.165, 1.54) is 19.3 Å². The van der Waals surface area contributed by atoms with E-state index < -0.39 is 0 Å². The van der Waals surface area contributed by atoms with E-state index in [0.29, 0.717) is 5.54 Å². The predicted molar refractivity (Wildman–Crippen MR) is 40.8 cm³/mol. The van der Waals surface area contributed by atoms with Crippen LogP contribution in [0.2, 0.25) is 0 Å². The maximum absolute atomic E-state index is 5.64. The molecule has 1 heterocycles. The Kier molecular flexibility index (Phi) is 0.993. The first-order chi connectivity index (χ1) is 4.75. The van der Waals surface area contributed by atoms with Gasteiger partial charge in [-0.25, -0.2) is 0 Å². The lowest BCUT2D eigenvalue weighted by Gasteiger charge is -2.44. The van der Waals surface area contributed by atoms with Gasteiger partial charge in [0.25, 0.3) is 0 Å². The second-order valence-electron chi connectivity index (χ2n) is 3.31. The smallest absolute Gasteiger partial charge is 0.191 e.